The van der Waals surface area contributed by atoms with Crippen LogP contribution in [0.3, 0.4) is 0 Å². The Morgan fingerprint density at radius 2 is 2.15 bits per heavy atom. The number of methoxy groups -OCH3 is 1. The number of guanidine groups is 1. The molecule has 1 aromatic carbocycles. The summed E-state index contributed by atoms with van der Waals surface area (Å²) in [6, 6.07) is 7.14. The lowest BCUT2D eigenvalue weighted by Crippen LogP contribution is -2.51. The summed E-state index contributed by atoms with van der Waals surface area (Å²) in [5, 5.41) is 6.28. The Bertz CT molecular complexity index is 640. The summed E-state index contributed by atoms with van der Waals surface area (Å²) in [4.78, 5) is 19.2. The van der Waals surface area contributed by atoms with Crippen molar-refractivity contribution in [3.63, 3.8) is 0 Å². The van der Waals surface area contributed by atoms with Gasteiger partial charge in [-0.3, -0.25) is 9.79 Å². The van der Waals surface area contributed by atoms with E-state index in [4.69, 9.17) is 4.74 Å². The Hall–Kier alpha value is -1.16. The van der Waals surface area contributed by atoms with Crippen LogP contribution in [0.5, 0.6) is 5.75 Å². The maximum atomic E-state index is 12.2. The Kier molecular flexibility index (Phi) is 10.3. The third kappa shape index (κ3) is 7.77. The van der Waals surface area contributed by atoms with Crippen LogP contribution in [-0.4, -0.2) is 67.1 Å². The highest BCUT2D eigenvalue weighted by atomic mass is 127. The third-order valence-corrected chi connectivity index (χ3v) is 5.35. The zero-order valence-electron chi connectivity index (χ0n) is 16.6. The van der Waals surface area contributed by atoms with Gasteiger partial charge in [0.25, 0.3) is 5.91 Å². The second-order valence-electron chi connectivity index (χ2n) is 6.75. The van der Waals surface area contributed by atoms with E-state index < -0.39 is 0 Å². The molecule has 1 saturated heterocycles. The van der Waals surface area contributed by atoms with Crippen molar-refractivity contribution < 1.29 is 9.53 Å². The van der Waals surface area contributed by atoms with E-state index in [2.05, 4.69) is 41.3 Å². The van der Waals surface area contributed by atoms with Crippen LogP contribution in [0.1, 0.15) is 31.1 Å². The van der Waals surface area contributed by atoms with Gasteiger partial charge in [0.1, 0.15) is 5.75 Å². The zero-order valence-corrected chi connectivity index (χ0v) is 19.7. The first-order valence-electron chi connectivity index (χ1n) is 9.04. The minimum atomic E-state index is -0.111. The molecule has 27 heavy (non-hydrogen) atoms. The summed E-state index contributed by atoms with van der Waals surface area (Å²) in [5.74, 6) is 2.59. The number of aliphatic imine (C=N–C) groups is 1. The lowest BCUT2D eigenvalue weighted by atomic mass is 10.2. The summed E-state index contributed by atoms with van der Waals surface area (Å²) in [5.41, 5.74) is 0.593. The van der Waals surface area contributed by atoms with Crippen molar-refractivity contribution >= 4 is 47.6 Å². The van der Waals surface area contributed by atoms with Crippen LogP contribution in [0, 0.1) is 0 Å². The maximum absolute atomic E-state index is 12.2. The molecule has 0 atom stereocenters. The number of benzene rings is 1. The van der Waals surface area contributed by atoms with E-state index in [0.29, 0.717) is 24.4 Å². The van der Waals surface area contributed by atoms with Gasteiger partial charge in [0.15, 0.2) is 5.96 Å². The normalized spacial score (nSPS) is 16.3. The van der Waals surface area contributed by atoms with Crippen LogP contribution in [0.2, 0.25) is 0 Å². The summed E-state index contributed by atoms with van der Waals surface area (Å²) in [6.45, 7) is 10.4. The lowest BCUT2D eigenvalue weighted by molar-refractivity contribution is 0.0954. The number of hydrogen-bond donors (Lipinski definition) is 2. The third-order valence-electron chi connectivity index (χ3n) is 4.05. The van der Waals surface area contributed by atoms with E-state index in [-0.39, 0.29) is 34.6 Å². The molecule has 0 saturated carbocycles. The largest absolute Gasteiger partial charge is 0.497 e. The average molecular weight is 506 g/mol. The predicted octanol–water partition coefficient (Wildman–Crippen LogP) is 2.84. The minimum Gasteiger partial charge on any atom is -0.497 e. The zero-order chi connectivity index (χ0) is 19.0. The number of carbonyl (C=O) groups excluding carboxylic acids is 1. The van der Waals surface area contributed by atoms with Crippen molar-refractivity contribution in [3.8, 4) is 5.75 Å². The number of rotatable bonds is 6. The number of nitrogens with zero attached hydrogens (tertiary/aromatic N) is 2. The molecule has 2 rings (SSSR count). The van der Waals surface area contributed by atoms with Crippen molar-refractivity contribution in [3.05, 3.63) is 29.8 Å². The molecule has 152 valence electrons. The van der Waals surface area contributed by atoms with E-state index in [0.717, 1.165) is 31.3 Å². The van der Waals surface area contributed by atoms with Crippen LogP contribution < -0.4 is 15.4 Å². The maximum Gasteiger partial charge on any atom is 0.251 e. The van der Waals surface area contributed by atoms with Gasteiger partial charge in [0.05, 0.1) is 13.7 Å². The number of thioether (sulfide) groups is 1. The molecule has 0 radical (unpaired) electrons. The van der Waals surface area contributed by atoms with Gasteiger partial charge >= 0.3 is 0 Å². The lowest BCUT2D eigenvalue weighted by Gasteiger charge is -2.39. The van der Waals surface area contributed by atoms with E-state index in [1.165, 1.54) is 0 Å². The Balaban J connectivity index is 0.00000364. The Morgan fingerprint density at radius 1 is 1.37 bits per heavy atom. The van der Waals surface area contributed by atoms with Gasteiger partial charge in [-0.15, -0.1) is 24.0 Å². The van der Waals surface area contributed by atoms with Crippen LogP contribution in [0.15, 0.2) is 29.3 Å². The fraction of sp³-hybridized carbons (Fsp3) is 0.579. The summed E-state index contributed by atoms with van der Waals surface area (Å²) < 4.78 is 5.39. The van der Waals surface area contributed by atoms with Crippen LogP contribution in [-0.2, 0) is 0 Å². The van der Waals surface area contributed by atoms with Gasteiger partial charge in [-0.05, 0) is 39.0 Å². The highest BCUT2D eigenvalue weighted by Gasteiger charge is 2.28. The summed E-state index contributed by atoms with van der Waals surface area (Å²) >= 11 is 2.00. The van der Waals surface area contributed by atoms with Gasteiger partial charge in [0, 0.05) is 42.2 Å². The molecule has 8 heteroatoms. The van der Waals surface area contributed by atoms with Crippen LogP contribution in [0.25, 0.3) is 0 Å². The molecule has 0 unspecified atom stereocenters. The molecule has 1 aliphatic heterocycles. The molecule has 1 aliphatic rings. The molecule has 0 spiro atoms. The van der Waals surface area contributed by atoms with Crippen molar-refractivity contribution in [2.24, 2.45) is 4.99 Å². The Labute approximate surface area is 183 Å². The molecule has 1 aromatic rings. The summed E-state index contributed by atoms with van der Waals surface area (Å²) in [6.07, 6.45) is 0. The molecule has 6 nitrogen and oxygen atoms in total. The topological polar surface area (TPSA) is 66.0 Å². The van der Waals surface area contributed by atoms with Gasteiger partial charge in [0.2, 0.25) is 0 Å². The fourth-order valence-electron chi connectivity index (χ4n) is 2.82. The van der Waals surface area contributed by atoms with Gasteiger partial charge < -0.3 is 20.3 Å². The predicted molar refractivity (Wildman–Crippen MR) is 125 cm³/mol. The van der Waals surface area contributed by atoms with Crippen LogP contribution in [0.4, 0.5) is 0 Å². The number of nitrogens with one attached hydrogen (secondary N) is 2. The molecule has 0 bridgehead atoms. The molecule has 1 heterocycles. The fourth-order valence-corrected chi connectivity index (χ4v) is 3.93. The number of carbonyl (C=O) groups is 1. The summed E-state index contributed by atoms with van der Waals surface area (Å²) in [7, 11) is 1.59. The van der Waals surface area contributed by atoms with Crippen molar-refractivity contribution in [1.82, 2.24) is 15.5 Å². The quantitative estimate of drug-likeness (QED) is 0.269. The van der Waals surface area contributed by atoms with Crippen molar-refractivity contribution in [2.45, 2.75) is 25.5 Å². The molecule has 0 aliphatic carbocycles. The molecular weight excluding hydrogens is 475 g/mol. The molecular formula is C19H31IN4O2S. The van der Waals surface area contributed by atoms with Gasteiger partial charge in [-0.25, -0.2) is 0 Å². The minimum absolute atomic E-state index is 0. The van der Waals surface area contributed by atoms with E-state index in [9.17, 15) is 4.79 Å². The molecule has 1 fully saturated rings. The number of hydrogen-bond acceptors (Lipinski definition) is 4. The molecule has 1 amide bonds. The molecule has 0 aromatic heterocycles. The number of amides is 1. The average Bonchev–Trinajstić information content (AvgIpc) is 2.63. The monoisotopic (exact) mass is 506 g/mol. The highest BCUT2D eigenvalue weighted by molar-refractivity contribution is 14.0. The van der Waals surface area contributed by atoms with Gasteiger partial charge in [-0.2, -0.15) is 11.8 Å². The van der Waals surface area contributed by atoms with Crippen molar-refractivity contribution in [2.75, 3.05) is 45.6 Å². The second kappa shape index (κ2) is 11.6. The number of ether oxygens (including phenoxy) is 1. The Morgan fingerprint density at radius 3 is 2.81 bits per heavy atom. The molecule has 2 N–H and O–H groups in total. The van der Waals surface area contributed by atoms with E-state index >= 15 is 0 Å². The first-order valence-corrected chi connectivity index (χ1v) is 10.0. The van der Waals surface area contributed by atoms with E-state index in [1.54, 1.807) is 19.2 Å². The first kappa shape index (κ1) is 23.9. The standard InChI is InChI=1S/C19H30N4O2S.HI/c1-5-20-18(23-11-12-26-19(2,3)14-23)22-10-9-21-17(24)15-7-6-8-16(13-15)25-4;/h6-8,13H,5,9-12,14H2,1-4H3,(H,20,22)(H,21,24);1H. The smallest absolute Gasteiger partial charge is 0.251 e. The highest BCUT2D eigenvalue weighted by Crippen LogP contribution is 2.29. The van der Waals surface area contributed by atoms with Gasteiger partial charge in [-0.1, -0.05) is 6.07 Å². The van der Waals surface area contributed by atoms with E-state index in [1.807, 2.05) is 23.9 Å². The van der Waals surface area contributed by atoms with Crippen LogP contribution >= 0.6 is 35.7 Å². The SMILES string of the molecule is CCNC(=NCCNC(=O)c1cccc(OC)c1)N1CCSC(C)(C)C1.I. The number of halogens is 1. The first-order chi connectivity index (χ1) is 12.4. The second-order valence-corrected chi connectivity index (χ2v) is 8.56. The van der Waals surface area contributed by atoms with Crippen molar-refractivity contribution in [1.29, 1.82) is 0 Å².